The van der Waals surface area contributed by atoms with Gasteiger partial charge >= 0.3 is 0 Å². The molecule has 0 fully saturated rings. The Morgan fingerprint density at radius 3 is 3.21 bits per heavy atom. The molecule has 0 aliphatic heterocycles. The molecule has 2 N–H and O–H groups in total. The highest BCUT2D eigenvalue weighted by molar-refractivity contribution is 7.10. The van der Waals surface area contributed by atoms with Gasteiger partial charge in [0.1, 0.15) is 12.0 Å². The number of thiophene rings is 1. The van der Waals surface area contributed by atoms with Crippen LogP contribution in [0.3, 0.4) is 0 Å². The first kappa shape index (κ1) is 13.3. The number of carbonyl (C=O) groups excluding carboxylic acids is 1. The van der Waals surface area contributed by atoms with Gasteiger partial charge in [0.05, 0.1) is 23.6 Å². The summed E-state index contributed by atoms with van der Waals surface area (Å²) in [4.78, 5) is 12.6. The van der Waals surface area contributed by atoms with Gasteiger partial charge in [-0.3, -0.25) is 4.79 Å². The zero-order valence-electron chi connectivity index (χ0n) is 10.0. The monoisotopic (exact) mass is 276 g/mol. The van der Waals surface area contributed by atoms with Crippen LogP contribution in [0.15, 0.2) is 28.3 Å². The van der Waals surface area contributed by atoms with Crippen molar-refractivity contribution >= 4 is 17.2 Å². The molecule has 2 aromatic rings. The summed E-state index contributed by atoms with van der Waals surface area (Å²) in [5.74, 6) is 5.53. The van der Waals surface area contributed by atoms with Crippen LogP contribution >= 0.6 is 11.3 Å². The summed E-state index contributed by atoms with van der Waals surface area (Å²) in [5, 5.41) is 16.8. The van der Waals surface area contributed by atoms with Gasteiger partial charge in [0.2, 0.25) is 0 Å². The first-order valence-corrected chi connectivity index (χ1v) is 6.53. The van der Waals surface area contributed by atoms with E-state index in [0.29, 0.717) is 24.2 Å². The molecule has 0 saturated carbocycles. The second-order valence-corrected chi connectivity index (χ2v) is 4.56. The molecule has 2 rings (SSSR count). The van der Waals surface area contributed by atoms with Crippen LogP contribution in [0.1, 0.15) is 27.3 Å². The highest BCUT2D eigenvalue weighted by Gasteiger charge is 2.08. The lowest BCUT2D eigenvalue weighted by molar-refractivity contribution is 0.0950. The van der Waals surface area contributed by atoms with Gasteiger partial charge in [-0.25, -0.2) is 0 Å². The lowest BCUT2D eigenvalue weighted by atomic mass is 10.3. The van der Waals surface area contributed by atoms with Crippen molar-refractivity contribution < 1.29 is 14.4 Å². The smallest absolute Gasteiger partial charge is 0.252 e. The molecule has 0 saturated heterocycles. The summed E-state index contributed by atoms with van der Waals surface area (Å²) < 4.78 is 4.67. The number of carbonyl (C=O) groups is 1. The highest BCUT2D eigenvalue weighted by atomic mass is 32.1. The number of aliphatic hydroxyl groups excluding tert-OH is 1. The van der Waals surface area contributed by atoms with Crippen molar-refractivity contribution in [2.45, 2.75) is 13.0 Å². The number of aliphatic hydroxyl groups is 1. The zero-order chi connectivity index (χ0) is 13.5. The number of nitrogens with zero attached hydrogens (tertiary/aromatic N) is 1. The molecule has 2 heterocycles. The summed E-state index contributed by atoms with van der Waals surface area (Å²) in [6, 6.07) is 3.42. The first-order valence-electron chi connectivity index (χ1n) is 5.65. The molecule has 0 radical (unpaired) electrons. The molecule has 1 amide bonds. The second-order valence-electron chi connectivity index (χ2n) is 3.65. The van der Waals surface area contributed by atoms with E-state index < -0.39 is 0 Å². The van der Waals surface area contributed by atoms with E-state index in [4.69, 9.17) is 5.11 Å². The zero-order valence-corrected chi connectivity index (χ0v) is 10.9. The van der Waals surface area contributed by atoms with E-state index in [9.17, 15) is 4.79 Å². The Kier molecular flexibility index (Phi) is 4.72. The van der Waals surface area contributed by atoms with Crippen molar-refractivity contribution in [3.8, 4) is 11.8 Å². The van der Waals surface area contributed by atoms with Gasteiger partial charge in [-0.2, -0.15) is 0 Å². The van der Waals surface area contributed by atoms with Crippen LogP contribution in [0.25, 0.3) is 0 Å². The average molecular weight is 276 g/mol. The molecule has 0 spiro atoms. The van der Waals surface area contributed by atoms with Crippen LogP contribution in [0.2, 0.25) is 0 Å². The lowest BCUT2D eigenvalue weighted by Crippen LogP contribution is -2.22. The molecule has 19 heavy (non-hydrogen) atoms. The Morgan fingerprint density at radius 2 is 2.47 bits per heavy atom. The first-order chi connectivity index (χ1) is 9.29. The molecule has 6 heteroatoms. The molecule has 0 aromatic carbocycles. The van der Waals surface area contributed by atoms with Gasteiger partial charge in [-0.05, 0) is 6.07 Å². The quantitative estimate of drug-likeness (QED) is 0.828. The Bertz CT molecular complexity index is 593. The predicted molar refractivity (Wildman–Crippen MR) is 70.6 cm³/mol. The van der Waals surface area contributed by atoms with E-state index in [1.54, 1.807) is 17.5 Å². The second kappa shape index (κ2) is 6.73. The maximum Gasteiger partial charge on any atom is 0.252 e. The number of rotatable bonds is 4. The number of hydrogen-bond acceptors (Lipinski definition) is 5. The van der Waals surface area contributed by atoms with E-state index in [0.717, 1.165) is 4.88 Å². The van der Waals surface area contributed by atoms with Crippen LogP contribution in [0, 0.1) is 11.8 Å². The third-order valence-electron chi connectivity index (χ3n) is 2.23. The normalized spacial score (nSPS) is 9.74. The summed E-state index contributed by atoms with van der Waals surface area (Å²) in [7, 11) is 0. The van der Waals surface area contributed by atoms with E-state index >= 15 is 0 Å². The van der Waals surface area contributed by atoms with Crippen molar-refractivity contribution in [3.05, 3.63) is 39.9 Å². The van der Waals surface area contributed by atoms with Gasteiger partial charge in [0, 0.05) is 17.9 Å². The van der Waals surface area contributed by atoms with Crippen molar-refractivity contribution in [1.82, 2.24) is 10.5 Å². The fourth-order valence-corrected chi connectivity index (χ4v) is 2.08. The Labute approximate surface area is 114 Å². The molecule has 0 aliphatic carbocycles. The molecule has 0 aliphatic rings. The molecule has 5 nitrogen and oxygen atoms in total. The lowest BCUT2D eigenvalue weighted by Gasteiger charge is -1.99. The standard InChI is InChI=1S/C13H12N2O3S/c16-5-2-1-3-12-7-10(9-19-12)13(17)14-8-11-4-6-18-15-11/h4,6-7,9,16H,2,5,8H2,(H,14,17). The van der Waals surface area contributed by atoms with Gasteiger partial charge in [0.15, 0.2) is 0 Å². The molecule has 0 bridgehead atoms. The van der Waals surface area contributed by atoms with Crippen molar-refractivity contribution in [3.63, 3.8) is 0 Å². The van der Waals surface area contributed by atoms with Gasteiger partial charge in [-0.15, -0.1) is 11.3 Å². The topological polar surface area (TPSA) is 75.4 Å². The molecular formula is C13H12N2O3S. The summed E-state index contributed by atoms with van der Waals surface area (Å²) >= 11 is 1.40. The maximum atomic E-state index is 11.8. The summed E-state index contributed by atoms with van der Waals surface area (Å²) in [6.45, 7) is 0.375. The van der Waals surface area contributed by atoms with Crippen LogP contribution in [0.5, 0.6) is 0 Å². The highest BCUT2D eigenvalue weighted by Crippen LogP contribution is 2.13. The van der Waals surface area contributed by atoms with Gasteiger partial charge in [0.25, 0.3) is 5.91 Å². The van der Waals surface area contributed by atoms with Crippen LogP contribution in [0.4, 0.5) is 0 Å². The molecule has 98 valence electrons. The maximum absolute atomic E-state index is 11.8. The van der Waals surface area contributed by atoms with E-state index in [1.165, 1.54) is 17.6 Å². The number of aromatic nitrogens is 1. The van der Waals surface area contributed by atoms with Crippen molar-refractivity contribution in [2.75, 3.05) is 6.61 Å². The summed E-state index contributed by atoms with van der Waals surface area (Å²) in [5.41, 5.74) is 1.24. The third kappa shape index (κ3) is 3.95. The SMILES string of the molecule is O=C(NCc1ccon1)c1csc(C#CCCO)c1. The van der Waals surface area contributed by atoms with Gasteiger partial charge < -0.3 is 14.9 Å². The minimum Gasteiger partial charge on any atom is -0.395 e. The number of hydrogen-bond donors (Lipinski definition) is 2. The molecule has 0 atom stereocenters. The van der Waals surface area contributed by atoms with Gasteiger partial charge in [-0.1, -0.05) is 17.0 Å². The van der Waals surface area contributed by atoms with Crippen molar-refractivity contribution in [2.24, 2.45) is 0 Å². The van der Waals surface area contributed by atoms with E-state index in [-0.39, 0.29) is 12.5 Å². The van der Waals surface area contributed by atoms with E-state index in [1.807, 2.05) is 0 Å². The largest absolute Gasteiger partial charge is 0.395 e. The van der Waals surface area contributed by atoms with Crippen LogP contribution < -0.4 is 5.32 Å². The number of amides is 1. The summed E-state index contributed by atoms with van der Waals surface area (Å²) in [6.07, 6.45) is 1.90. The number of nitrogens with one attached hydrogen (secondary N) is 1. The average Bonchev–Trinajstić information content (AvgIpc) is 3.07. The Balaban J connectivity index is 1.91. The minimum absolute atomic E-state index is 0.0451. The predicted octanol–water partition coefficient (Wildman–Crippen LogP) is 1.40. The minimum atomic E-state index is -0.172. The van der Waals surface area contributed by atoms with E-state index in [2.05, 4.69) is 26.8 Å². The van der Waals surface area contributed by atoms with Crippen LogP contribution in [-0.4, -0.2) is 22.8 Å². The van der Waals surface area contributed by atoms with Crippen molar-refractivity contribution in [1.29, 1.82) is 0 Å². The van der Waals surface area contributed by atoms with Crippen LogP contribution in [-0.2, 0) is 6.54 Å². The fourth-order valence-electron chi connectivity index (χ4n) is 1.33. The Morgan fingerprint density at radius 1 is 1.58 bits per heavy atom. The fraction of sp³-hybridized carbons (Fsp3) is 0.231. The molecular weight excluding hydrogens is 264 g/mol. The molecule has 2 aromatic heterocycles. The molecule has 0 unspecified atom stereocenters. The third-order valence-corrected chi connectivity index (χ3v) is 3.08. The Hall–Kier alpha value is -2.10.